The Morgan fingerprint density at radius 1 is 0.298 bits per heavy atom. The predicted molar refractivity (Wildman–Crippen MR) is 245 cm³/mol. The van der Waals surface area contributed by atoms with Crippen LogP contribution in [0.3, 0.4) is 0 Å². The SMILES string of the molecule is CS(=O)(=O)COCS(=O)(=O)F.O=S(=O)(F)CCCS(=O)(=O)F.O=S(=O)(F)CCS(=O)(=O)F.O=S(=O)(F)CF.O=S(=O)(F)CS(=O)(=O)F.O=S(=O)(F)CS(=O)(=O)F.O=S(=O)(F)CS(=O)(=O)F.O=S(=O)(F)F.O=S(=O)(F)c1ccccc1S(=O)(=O)F. The third-order valence-corrected chi connectivity index (χ3v) is 17.4. The minimum Gasteiger partial charge on any atom is -0.347 e. The van der Waals surface area contributed by atoms with Crippen LogP contribution in [-0.2, 0) is 168 Å². The zero-order valence-corrected chi connectivity index (χ0v) is 51.6. The lowest BCUT2D eigenvalue weighted by atomic mass is 10.4. The highest BCUT2D eigenvalue weighted by molar-refractivity contribution is 8.04. The molecule has 0 radical (unpaired) electrons. The molecule has 0 atom stereocenters. The van der Waals surface area contributed by atoms with E-state index in [0.29, 0.717) is 12.1 Å². The summed E-state index contributed by atoms with van der Waals surface area (Å²) in [6.07, 6.45) is 0.287. The predicted octanol–water partition coefficient (Wildman–Crippen LogP) is -1.16. The van der Waals surface area contributed by atoms with Crippen molar-refractivity contribution in [3.05, 3.63) is 24.3 Å². The van der Waals surface area contributed by atoms with E-state index in [4.69, 9.17) is 16.8 Å². The monoisotopic (exact) mass is 1610 g/mol. The van der Waals surface area contributed by atoms with Gasteiger partial charge in [-0.25, -0.2) is 12.8 Å². The summed E-state index contributed by atoms with van der Waals surface area (Å²) >= 11 is 0. The van der Waals surface area contributed by atoms with Crippen LogP contribution in [-0.4, -0.2) is 197 Å². The van der Waals surface area contributed by atoms with Gasteiger partial charge in [0, 0.05) is 6.26 Å². The summed E-state index contributed by atoms with van der Waals surface area (Å²) in [5.74, 6) is -6.60. The fourth-order valence-corrected chi connectivity index (χ4v) is 11.5. The molecule has 1 aromatic rings. The van der Waals surface area contributed by atoms with Crippen LogP contribution in [0.4, 0.5) is 66.6 Å². The lowest BCUT2D eigenvalue weighted by Crippen LogP contribution is -2.11. The van der Waals surface area contributed by atoms with Gasteiger partial charge in [0.2, 0.25) is 21.3 Å². The summed E-state index contributed by atoms with van der Waals surface area (Å²) in [5.41, 5.74) is 0. The molecule has 0 unspecified atom stereocenters. The van der Waals surface area contributed by atoms with Crippen molar-refractivity contribution in [2.75, 3.05) is 62.4 Å². The first kappa shape index (κ1) is 97.5. The molecule has 0 bridgehead atoms. The van der Waals surface area contributed by atoms with Crippen molar-refractivity contribution < 1.29 is 206 Å². The van der Waals surface area contributed by atoms with Crippen LogP contribution in [0.5, 0.6) is 0 Å². The third kappa shape index (κ3) is 118. The number of alkyl halides is 1. The second-order valence-corrected chi connectivity index (χ2v) is 35.5. The molecule has 514 valence electrons. The van der Waals surface area contributed by atoms with Crippen LogP contribution >= 0.6 is 0 Å². The molecule has 0 amide bonds. The van der Waals surface area contributed by atoms with Crippen molar-refractivity contribution in [3.63, 3.8) is 0 Å². The quantitative estimate of drug-likeness (QED) is 0.110. The summed E-state index contributed by atoms with van der Waals surface area (Å²) in [6, 6.07) is 1.58. The van der Waals surface area contributed by atoms with Gasteiger partial charge < -0.3 is 4.74 Å². The Bertz CT molecular complexity index is 3700. The van der Waals surface area contributed by atoms with Gasteiger partial charge >= 0.3 is 154 Å². The molecular weight excluding hydrogens is 1580 g/mol. The number of hydrogen-bond acceptors (Lipinski definition) is 33. The molecule has 0 saturated carbocycles. The van der Waals surface area contributed by atoms with Crippen LogP contribution in [0.1, 0.15) is 6.42 Å². The Morgan fingerprint density at radius 2 is 0.488 bits per heavy atom. The zero-order valence-electron chi connectivity index (χ0n) is 38.5. The first-order valence-electron chi connectivity index (χ1n) is 16.5. The zero-order chi connectivity index (χ0) is 70.5. The van der Waals surface area contributed by atoms with E-state index in [9.17, 15) is 184 Å². The Labute approximate surface area is 469 Å². The van der Waals surface area contributed by atoms with E-state index < -0.39 is 236 Å². The summed E-state index contributed by atoms with van der Waals surface area (Å²) < 4.78 is 501. The third-order valence-electron chi connectivity index (χ3n) is 4.22. The first-order valence-corrected chi connectivity index (χ1v) is 41.3. The molecule has 66 heteroatoms. The molecule has 1 aromatic carbocycles. The van der Waals surface area contributed by atoms with Crippen LogP contribution in [0, 0.1) is 0 Å². The lowest BCUT2D eigenvalue weighted by molar-refractivity contribution is 0.221. The minimum absolute atomic E-state index is 0.558. The van der Waals surface area contributed by atoms with Crippen molar-refractivity contribution in [2.45, 2.75) is 16.2 Å². The number of benzene rings is 1. The Hall–Kier alpha value is -2.81. The Balaban J connectivity index is -0.000000131. The van der Waals surface area contributed by atoms with Crippen molar-refractivity contribution >= 4 is 164 Å². The van der Waals surface area contributed by atoms with E-state index in [0.717, 1.165) is 18.4 Å². The van der Waals surface area contributed by atoms with Crippen molar-refractivity contribution in [2.24, 2.45) is 0 Å². The highest BCUT2D eigenvalue weighted by Crippen LogP contribution is 2.23. The highest BCUT2D eigenvalue weighted by Gasteiger charge is 2.26. The second kappa shape index (κ2) is 37.9. The second-order valence-electron chi connectivity index (χ2n) is 12.2. The topological polar surface area (TPSA) is 555 Å². The standard InChI is InChI=1S/C6H4F2O4S2.C3H6F2O4S2.C3H7FO5S2.C2H4F2O4S2.3CH2F2O4S2.CH2F2O2S.F2O2S/c7-13(9,10)5-3-1-2-4-6(5)14(8,11)12;4-10(6,7)2-1-3-11(5,8)9;1-10(5,6)2-9-3-11(4,7)8;3-9(5,6)1-2-10(4,7)8;3*2-8(4,5)1-9(3,6)7;2-1-6(3,4)5;1-5(2,3)4/h1-4H;1-3H2;2-3H2,1H3;1-2H2;3*1H2;1H2;. The van der Waals surface area contributed by atoms with Crippen molar-refractivity contribution in [1.82, 2.24) is 0 Å². The molecule has 0 aromatic heterocycles. The molecule has 1 rings (SSSR count). The average molecular weight is 1610 g/mol. The van der Waals surface area contributed by atoms with E-state index in [1.165, 1.54) is 0 Å². The van der Waals surface area contributed by atoms with E-state index >= 15 is 0 Å². The van der Waals surface area contributed by atoms with Gasteiger partial charge in [-0.3, -0.25) is 0 Å². The largest absolute Gasteiger partial charge is 0.476 e. The fraction of sp³-hybridized carbons (Fsp3) is 0.667. The van der Waals surface area contributed by atoms with Gasteiger partial charge in [-0.2, -0.15) is 126 Å². The number of rotatable bonds is 20. The average Bonchev–Trinajstić information content (AvgIpc) is 3.07. The van der Waals surface area contributed by atoms with Crippen LogP contribution in [0.25, 0.3) is 0 Å². The van der Waals surface area contributed by atoms with E-state index in [1.54, 1.807) is 0 Å². The molecule has 0 saturated heterocycles. The van der Waals surface area contributed by atoms with Crippen molar-refractivity contribution in [3.8, 4) is 0 Å². The Kier molecular flexibility index (Phi) is 44.0. The highest BCUT2D eigenvalue weighted by atomic mass is 32.3. The van der Waals surface area contributed by atoms with Gasteiger partial charge in [0.05, 0.1) is 23.0 Å². The van der Waals surface area contributed by atoms with Crippen LogP contribution in [0.2, 0.25) is 0 Å². The summed E-state index contributed by atoms with van der Waals surface area (Å²) in [5, 5.41) is -6.29. The molecular formula is C18H29F17O33S16. The lowest BCUT2D eigenvalue weighted by Gasteiger charge is -1.99. The maximum atomic E-state index is 12.5. The fourth-order valence-electron chi connectivity index (χ4n) is 2.25. The molecule has 0 N–H and O–H groups in total. The van der Waals surface area contributed by atoms with E-state index in [2.05, 4.69) is 4.74 Å². The molecule has 0 aliphatic rings. The molecule has 0 aliphatic heterocycles. The van der Waals surface area contributed by atoms with Crippen LogP contribution < -0.4 is 0 Å². The number of ether oxygens (including phenoxy) is 1. The van der Waals surface area contributed by atoms with E-state index in [1.807, 2.05) is 0 Å². The van der Waals surface area contributed by atoms with Crippen LogP contribution in [0.15, 0.2) is 34.1 Å². The van der Waals surface area contributed by atoms with Gasteiger partial charge in [-0.15, -0.1) is 54.4 Å². The maximum absolute atomic E-state index is 12.5. The Morgan fingerprint density at radius 3 is 0.595 bits per heavy atom. The first-order chi connectivity index (χ1) is 35.5. The summed E-state index contributed by atoms with van der Waals surface area (Å²) in [6.45, 7) is 0. The van der Waals surface area contributed by atoms with Gasteiger partial charge in [-0.1, -0.05) is 19.9 Å². The molecule has 84 heavy (non-hydrogen) atoms. The molecule has 0 heterocycles. The minimum atomic E-state index is -5.67. The van der Waals surface area contributed by atoms with Gasteiger partial charge in [0.25, 0.3) is 0 Å². The number of hydrogen-bond donors (Lipinski definition) is 0. The van der Waals surface area contributed by atoms with Gasteiger partial charge in [0.1, 0.15) is 15.7 Å². The molecule has 0 fully saturated rings. The molecule has 0 aliphatic carbocycles. The summed E-state index contributed by atoms with van der Waals surface area (Å²) in [7, 11) is -79.7. The van der Waals surface area contributed by atoms with Gasteiger partial charge in [-0.05, 0) is 18.6 Å². The maximum Gasteiger partial charge on any atom is 0.476 e. The number of halogens is 17. The van der Waals surface area contributed by atoms with E-state index in [-0.39, 0.29) is 0 Å². The molecule has 33 nitrogen and oxygen atoms in total. The van der Waals surface area contributed by atoms with Crippen molar-refractivity contribution in [1.29, 1.82) is 0 Å². The smallest absolute Gasteiger partial charge is 0.347 e. The normalized spacial score (nSPS) is 13.1. The van der Waals surface area contributed by atoms with Gasteiger partial charge in [0.15, 0.2) is 15.8 Å². The molecule has 0 spiro atoms. The number of sulfone groups is 1. The summed E-state index contributed by atoms with van der Waals surface area (Å²) in [4.78, 5) is -2.38.